The van der Waals surface area contributed by atoms with Gasteiger partial charge in [-0.1, -0.05) is 11.6 Å². The van der Waals surface area contributed by atoms with Gasteiger partial charge in [-0.05, 0) is 55.3 Å². The van der Waals surface area contributed by atoms with E-state index in [0.717, 1.165) is 0 Å². The number of aromatic hydroxyl groups is 1. The van der Waals surface area contributed by atoms with E-state index in [9.17, 15) is 19.1 Å². The summed E-state index contributed by atoms with van der Waals surface area (Å²) in [5, 5.41) is 15.6. The number of carbonyl (C=O) groups excluding carboxylic acids is 2. The molecule has 3 rings (SSSR count). The number of benzene rings is 2. The van der Waals surface area contributed by atoms with E-state index in [4.69, 9.17) is 11.6 Å². The number of likely N-dealkylation sites (tertiary alicyclic amines) is 1. The maximum atomic E-state index is 12.9. The smallest absolute Gasteiger partial charge is 0.321 e. The van der Waals surface area contributed by atoms with Gasteiger partial charge in [0.2, 0.25) is 5.91 Å². The first-order valence-corrected chi connectivity index (χ1v) is 8.91. The van der Waals surface area contributed by atoms with Gasteiger partial charge in [-0.15, -0.1) is 0 Å². The topological polar surface area (TPSA) is 81.7 Å². The van der Waals surface area contributed by atoms with Crippen LogP contribution < -0.4 is 10.6 Å². The van der Waals surface area contributed by atoms with E-state index < -0.39 is 0 Å². The van der Waals surface area contributed by atoms with Crippen molar-refractivity contribution in [3.05, 3.63) is 53.3 Å². The van der Waals surface area contributed by atoms with Gasteiger partial charge in [0, 0.05) is 29.7 Å². The molecule has 3 amide bonds. The molecule has 27 heavy (non-hydrogen) atoms. The molecule has 0 aliphatic carbocycles. The highest BCUT2D eigenvalue weighted by molar-refractivity contribution is 6.31. The standard InChI is InChI=1S/C19H19ClFN3O3/c20-13-1-6-17(25)16(11-13)23-18(26)12-7-9-24(10-8-12)19(27)22-15-4-2-14(21)3-5-15/h1-6,11-12,25H,7-10H2,(H,22,27)(H,23,26). The summed E-state index contributed by atoms with van der Waals surface area (Å²) >= 11 is 5.88. The van der Waals surface area contributed by atoms with E-state index in [1.807, 2.05) is 0 Å². The molecule has 1 saturated heterocycles. The number of halogens is 2. The Morgan fingerprint density at radius 2 is 1.74 bits per heavy atom. The summed E-state index contributed by atoms with van der Waals surface area (Å²) < 4.78 is 12.9. The van der Waals surface area contributed by atoms with Gasteiger partial charge < -0.3 is 20.6 Å². The third kappa shape index (κ3) is 4.89. The highest BCUT2D eigenvalue weighted by atomic mass is 35.5. The average molecular weight is 392 g/mol. The quantitative estimate of drug-likeness (QED) is 0.690. The first-order chi connectivity index (χ1) is 12.9. The average Bonchev–Trinajstić information content (AvgIpc) is 2.66. The Bertz CT molecular complexity index is 837. The second kappa shape index (κ2) is 8.26. The molecule has 0 atom stereocenters. The summed E-state index contributed by atoms with van der Waals surface area (Å²) in [6, 6.07) is 9.68. The van der Waals surface area contributed by atoms with Crippen LogP contribution in [0.1, 0.15) is 12.8 Å². The molecule has 0 aromatic heterocycles. The van der Waals surface area contributed by atoms with Gasteiger partial charge in [-0.2, -0.15) is 0 Å². The van der Waals surface area contributed by atoms with Crippen molar-refractivity contribution in [2.45, 2.75) is 12.8 Å². The lowest BCUT2D eigenvalue weighted by Crippen LogP contribution is -2.43. The zero-order valence-corrected chi connectivity index (χ0v) is 15.2. The van der Waals surface area contributed by atoms with Crippen molar-refractivity contribution in [2.24, 2.45) is 5.92 Å². The molecule has 2 aromatic carbocycles. The van der Waals surface area contributed by atoms with Crippen molar-refractivity contribution in [2.75, 3.05) is 23.7 Å². The summed E-state index contributed by atoms with van der Waals surface area (Å²) in [6.45, 7) is 0.847. The summed E-state index contributed by atoms with van der Waals surface area (Å²) in [5.74, 6) is -0.904. The first kappa shape index (κ1) is 19.0. The van der Waals surface area contributed by atoms with Crippen LogP contribution in [0.4, 0.5) is 20.6 Å². The van der Waals surface area contributed by atoms with Gasteiger partial charge in [-0.25, -0.2) is 9.18 Å². The van der Waals surface area contributed by atoms with Crippen molar-refractivity contribution in [1.82, 2.24) is 4.90 Å². The largest absolute Gasteiger partial charge is 0.506 e. The molecular formula is C19H19ClFN3O3. The van der Waals surface area contributed by atoms with E-state index in [-0.39, 0.29) is 35.1 Å². The number of hydrogen-bond acceptors (Lipinski definition) is 3. The number of amides is 3. The number of urea groups is 1. The lowest BCUT2D eigenvalue weighted by Gasteiger charge is -2.31. The molecule has 0 unspecified atom stereocenters. The summed E-state index contributed by atoms with van der Waals surface area (Å²) in [7, 11) is 0. The predicted molar refractivity (Wildman–Crippen MR) is 101 cm³/mol. The SMILES string of the molecule is O=C(Nc1cc(Cl)ccc1O)C1CCN(C(=O)Nc2ccc(F)cc2)CC1. The van der Waals surface area contributed by atoms with Crippen molar-refractivity contribution in [3.63, 3.8) is 0 Å². The van der Waals surface area contributed by atoms with Crippen LogP contribution in [0, 0.1) is 11.7 Å². The number of nitrogens with zero attached hydrogens (tertiary/aromatic N) is 1. The highest BCUT2D eigenvalue weighted by Crippen LogP contribution is 2.28. The van der Waals surface area contributed by atoms with Gasteiger partial charge in [0.15, 0.2) is 0 Å². The number of piperidine rings is 1. The molecule has 0 bridgehead atoms. The third-order valence-electron chi connectivity index (χ3n) is 4.46. The summed E-state index contributed by atoms with van der Waals surface area (Å²) in [4.78, 5) is 26.3. The van der Waals surface area contributed by atoms with E-state index in [0.29, 0.717) is 36.6 Å². The molecule has 0 spiro atoms. The number of phenols is 1. The van der Waals surface area contributed by atoms with Crippen molar-refractivity contribution in [3.8, 4) is 5.75 Å². The monoisotopic (exact) mass is 391 g/mol. The molecular weight excluding hydrogens is 373 g/mol. The molecule has 0 radical (unpaired) electrons. The number of anilines is 2. The van der Waals surface area contributed by atoms with Crippen molar-refractivity contribution < 1.29 is 19.1 Å². The molecule has 1 heterocycles. The fourth-order valence-corrected chi connectivity index (χ4v) is 3.10. The Balaban J connectivity index is 1.52. The third-order valence-corrected chi connectivity index (χ3v) is 4.70. The van der Waals surface area contributed by atoms with Crippen LogP contribution in [-0.2, 0) is 4.79 Å². The fraction of sp³-hybridized carbons (Fsp3) is 0.263. The minimum atomic E-state index is -0.370. The summed E-state index contributed by atoms with van der Waals surface area (Å²) in [6.07, 6.45) is 1.01. The number of phenolic OH excluding ortho intramolecular Hbond substituents is 1. The molecule has 3 N–H and O–H groups in total. The molecule has 8 heteroatoms. The predicted octanol–water partition coefficient (Wildman–Crippen LogP) is 4.07. The van der Waals surface area contributed by atoms with Crippen LogP contribution in [0.15, 0.2) is 42.5 Å². The molecule has 6 nitrogen and oxygen atoms in total. The van der Waals surface area contributed by atoms with Crippen LogP contribution in [0.5, 0.6) is 5.75 Å². The molecule has 1 fully saturated rings. The van der Waals surface area contributed by atoms with Gasteiger partial charge in [0.05, 0.1) is 5.69 Å². The van der Waals surface area contributed by atoms with E-state index >= 15 is 0 Å². The number of hydrogen-bond donors (Lipinski definition) is 3. The van der Waals surface area contributed by atoms with E-state index in [1.165, 1.54) is 42.5 Å². The molecule has 1 aliphatic heterocycles. The second-order valence-electron chi connectivity index (χ2n) is 6.35. The minimum Gasteiger partial charge on any atom is -0.506 e. The van der Waals surface area contributed by atoms with Crippen LogP contribution in [0.2, 0.25) is 5.02 Å². The summed E-state index contributed by atoms with van der Waals surface area (Å²) in [5.41, 5.74) is 0.779. The van der Waals surface area contributed by atoms with Crippen molar-refractivity contribution in [1.29, 1.82) is 0 Å². The van der Waals surface area contributed by atoms with Crippen LogP contribution in [-0.4, -0.2) is 35.0 Å². The molecule has 142 valence electrons. The lowest BCUT2D eigenvalue weighted by atomic mass is 9.96. The lowest BCUT2D eigenvalue weighted by molar-refractivity contribution is -0.121. The molecule has 1 aliphatic rings. The van der Waals surface area contributed by atoms with Crippen LogP contribution >= 0.6 is 11.6 Å². The fourth-order valence-electron chi connectivity index (χ4n) is 2.92. The Morgan fingerprint density at radius 3 is 2.41 bits per heavy atom. The Kier molecular flexibility index (Phi) is 5.81. The second-order valence-corrected chi connectivity index (χ2v) is 6.79. The van der Waals surface area contributed by atoms with Gasteiger partial charge >= 0.3 is 6.03 Å². The Labute approximate surface area is 160 Å². The highest BCUT2D eigenvalue weighted by Gasteiger charge is 2.27. The van der Waals surface area contributed by atoms with Crippen LogP contribution in [0.3, 0.4) is 0 Å². The van der Waals surface area contributed by atoms with Gasteiger partial charge in [0.1, 0.15) is 11.6 Å². The molecule has 0 saturated carbocycles. The Hall–Kier alpha value is -2.80. The number of nitrogens with one attached hydrogen (secondary N) is 2. The van der Waals surface area contributed by atoms with Gasteiger partial charge in [0.25, 0.3) is 0 Å². The maximum Gasteiger partial charge on any atom is 0.321 e. The normalized spacial score (nSPS) is 14.7. The van der Waals surface area contributed by atoms with Gasteiger partial charge in [-0.3, -0.25) is 4.79 Å². The molecule has 2 aromatic rings. The number of carbonyl (C=O) groups is 2. The number of rotatable bonds is 3. The van der Waals surface area contributed by atoms with Crippen LogP contribution in [0.25, 0.3) is 0 Å². The minimum absolute atomic E-state index is 0.0520. The Morgan fingerprint density at radius 1 is 1.07 bits per heavy atom. The first-order valence-electron chi connectivity index (χ1n) is 8.53. The maximum absolute atomic E-state index is 12.9. The van der Waals surface area contributed by atoms with E-state index in [1.54, 1.807) is 4.90 Å². The van der Waals surface area contributed by atoms with Crippen molar-refractivity contribution >= 4 is 34.9 Å². The zero-order valence-electron chi connectivity index (χ0n) is 14.4. The zero-order chi connectivity index (χ0) is 19.4. The van der Waals surface area contributed by atoms with E-state index in [2.05, 4.69) is 10.6 Å².